The first kappa shape index (κ1) is 16.9. The maximum atomic E-state index is 14.4. The molecule has 1 fully saturated rings. The Bertz CT molecular complexity index is 784. The predicted molar refractivity (Wildman–Crippen MR) is 80.7 cm³/mol. The molecule has 132 valence electrons. The molecule has 3 rings (SSSR count). The molecular formula is C15H12F3N3O4. The monoisotopic (exact) mass is 355 g/mol. The average molecular weight is 355 g/mol. The van der Waals surface area contributed by atoms with Crippen molar-refractivity contribution >= 4 is 23.3 Å². The van der Waals surface area contributed by atoms with Crippen molar-refractivity contribution in [3.05, 3.63) is 40.7 Å². The summed E-state index contributed by atoms with van der Waals surface area (Å²) in [5.74, 6) is -4.22. The largest absolute Gasteiger partial charge is 0.442 e. The Labute approximate surface area is 139 Å². The number of carbonyl (C=O) groups is 2. The van der Waals surface area contributed by atoms with E-state index in [9.17, 15) is 27.7 Å². The number of anilines is 2. The van der Waals surface area contributed by atoms with Crippen LogP contribution in [0.4, 0.5) is 29.3 Å². The molecular weight excluding hydrogens is 343 g/mol. The molecule has 1 aromatic rings. The quantitative estimate of drug-likeness (QED) is 0.612. The van der Waals surface area contributed by atoms with Gasteiger partial charge in [0.15, 0.2) is 23.2 Å². The molecule has 0 aliphatic carbocycles. The fraction of sp³-hybridized carbons (Fsp3) is 0.333. The molecule has 25 heavy (non-hydrogen) atoms. The van der Waals surface area contributed by atoms with E-state index in [1.54, 1.807) is 0 Å². The van der Waals surface area contributed by atoms with Crippen molar-refractivity contribution < 1.29 is 27.5 Å². The second-order valence-electron chi connectivity index (χ2n) is 5.51. The Hall–Kier alpha value is -2.91. The van der Waals surface area contributed by atoms with Crippen molar-refractivity contribution in [2.24, 2.45) is 5.18 Å². The maximum absolute atomic E-state index is 14.4. The van der Waals surface area contributed by atoms with Crippen molar-refractivity contribution in [1.29, 1.82) is 0 Å². The summed E-state index contributed by atoms with van der Waals surface area (Å²) in [4.78, 5) is 34.9. The molecule has 0 saturated carbocycles. The first-order valence-electron chi connectivity index (χ1n) is 7.34. The summed E-state index contributed by atoms with van der Waals surface area (Å²) in [6, 6.07) is 0.677. The van der Waals surface area contributed by atoms with Crippen LogP contribution in [0.3, 0.4) is 0 Å². The van der Waals surface area contributed by atoms with Gasteiger partial charge in [-0.1, -0.05) is 5.18 Å². The van der Waals surface area contributed by atoms with Gasteiger partial charge < -0.3 is 9.64 Å². The van der Waals surface area contributed by atoms with Gasteiger partial charge in [0.1, 0.15) is 18.3 Å². The third kappa shape index (κ3) is 3.06. The van der Waals surface area contributed by atoms with E-state index in [0.29, 0.717) is 11.0 Å². The topological polar surface area (TPSA) is 79.3 Å². The van der Waals surface area contributed by atoms with Crippen LogP contribution in [0.25, 0.3) is 0 Å². The summed E-state index contributed by atoms with van der Waals surface area (Å²) >= 11 is 0. The number of ketones is 1. The highest BCUT2D eigenvalue weighted by molar-refractivity contribution is 5.92. The third-order valence-electron chi connectivity index (χ3n) is 3.88. The van der Waals surface area contributed by atoms with Crippen LogP contribution in [0.15, 0.2) is 23.5 Å². The lowest BCUT2D eigenvalue weighted by Crippen LogP contribution is -2.29. The highest BCUT2D eigenvalue weighted by Gasteiger charge is 2.36. The van der Waals surface area contributed by atoms with Crippen LogP contribution in [0.2, 0.25) is 0 Å². The van der Waals surface area contributed by atoms with Crippen LogP contribution >= 0.6 is 0 Å². The minimum absolute atomic E-state index is 0.000788. The lowest BCUT2D eigenvalue weighted by Gasteiger charge is -2.25. The maximum Gasteiger partial charge on any atom is 0.414 e. The van der Waals surface area contributed by atoms with Gasteiger partial charge in [-0.15, -0.1) is 0 Å². The van der Waals surface area contributed by atoms with Crippen LogP contribution in [-0.4, -0.2) is 37.6 Å². The predicted octanol–water partition coefficient (Wildman–Crippen LogP) is 2.49. The SMILES string of the molecule is O=NC[C@H]1CN(c2cc(F)c(N3C=CC(=O)CC3)c(F)c2F)C(=O)O1. The Balaban J connectivity index is 1.96. The number of allylic oxidation sites excluding steroid dienone is 1. The molecule has 10 heteroatoms. The van der Waals surface area contributed by atoms with Gasteiger partial charge in [-0.05, 0) is 6.08 Å². The van der Waals surface area contributed by atoms with Crippen molar-refractivity contribution in [2.75, 3.05) is 29.4 Å². The molecule has 1 amide bonds. The zero-order chi connectivity index (χ0) is 18.1. The number of amides is 1. The summed E-state index contributed by atoms with van der Waals surface area (Å²) < 4.78 is 48.0. The van der Waals surface area contributed by atoms with Crippen LogP contribution in [0, 0.1) is 22.4 Å². The van der Waals surface area contributed by atoms with Crippen molar-refractivity contribution in [2.45, 2.75) is 12.5 Å². The molecule has 0 aromatic heterocycles. The molecule has 1 saturated heterocycles. The van der Waals surface area contributed by atoms with Gasteiger partial charge in [-0.2, -0.15) is 4.91 Å². The fourth-order valence-corrected chi connectivity index (χ4v) is 2.68. The van der Waals surface area contributed by atoms with Gasteiger partial charge in [0.05, 0.1) is 12.2 Å². The van der Waals surface area contributed by atoms with Gasteiger partial charge in [0.25, 0.3) is 0 Å². The van der Waals surface area contributed by atoms with E-state index in [4.69, 9.17) is 4.74 Å². The normalized spacial score (nSPS) is 20.2. The van der Waals surface area contributed by atoms with E-state index in [1.165, 1.54) is 6.20 Å². The Morgan fingerprint density at radius 2 is 2.00 bits per heavy atom. The van der Waals surface area contributed by atoms with Crippen molar-refractivity contribution in [3.8, 4) is 0 Å². The minimum atomic E-state index is -1.49. The lowest BCUT2D eigenvalue weighted by atomic mass is 10.1. The molecule has 2 aliphatic heterocycles. The molecule has 1 atom stereocenters. The Morgan fingerprint density at radius 3 is 2.64 bits per heavy atom. The highest BCUT2D eigenvalue weighted by atomic mass is 19.2. The number of hydrogen-bond acceptors (Lipinski definition) is 6. The Morgan fingerprint density at radius 1 is 1.24 bits per heavy atom. The highest BCUT2D eigenvalue weighted by Crippen LogP contribution is 2.35. The third-order valence-corrected chi connectivity index (χ3v) is 3.88. The molecule has 2 heterocycles. The zero-order valence-corrected chi connectivity index (χ0v) is 12.7. The van der Waals surface area contributed by atoms with Crippen molar-refractivity contribution in [3.63, 3.8) is 0 Å². The first-order valence-corrected chi connectivity index (χ1v) is 7.34. The fourth-order valence-electron chi connectivity index (χ4n) is 2.68. The van der Waals surface area contributed by atoms with Gasteiger partial charge in [-0.25, -0.2) is 18.0 Å². The molecule has 7 nitrogen and oxygen atoms in total. The number of cyclic esters (lactones) is 1. The summed E-state index contributed by atoms with van der Waals surface area (Å²) in [5, 5.41) is 2.58. The number of nitrogens with zero attached hydrogens (tertiary/aromatic N) is 3. The van der Waals surface area contributed by atoms with Gasteiger partial charge in [0, 0.05) is 25.2 Å². The van der Waals surface area contributed by atoms with E-state index < -0.39 is 41.0 Å². The first-order chi connectivity index (χ1) is 11.9. The van der Waals surface area contributed by atoms with Crippen LogP contribution in [0.5, 0.6) is 0 Å². The lowest BCUT2D eigenvalue weighted by molar-refractivity contribution is -0.114. The summed E-state index contributed by atoms with van der Waals surface area (Å²) in [6.45, 7) is -0.599. The number of halogens is 3. The zero-order valence-electron chi connectivity index (χ0n) is 12.7. The molecule has 2 aliphatic rings. The minimum Gasteiger partial charge on any atom is -0.442 e. The molecule has 0 N–H and O–H groups in total. The molecule has 0 spiro atoms. The number of benzene rings is 1. The van der Waals surface area contributed by atoms with Gasteiger partial charge in [0.2, 0.25) is 0 Å². The van der Waals surface area contributed by atoms with E-state index in [1.807, 2.05) is 0 Å². The second kappa shape index (κ2) is 6.54. The molecule has 0 unspecified atom stereocenters. The van der Waals surface area contributed by atoms with E-state index in [2.05, 4.69) is 5.18 Å². The van der Waals surface area contributed by atoms with Crippen LogP contribution in [0.1, 0.15) is 6.42 Å². The smallest absolute Gasteiger partial charge is 0.414 e. The van der Waals surface area contributed by atoms with E-state index in [0.717, 1.165) is 11.0 Å². The number of nitroso groups, excluding NO2 is 1. The summed E-state index contributed by atoms with van der Waals surface area (Å²) in [7, 11) is 0. The summed E-state index contributed by atoms with van der Waals surface area (Å²) in [5.41, 5.74) is -1.28. The number of carbonyl (C=O) groups excluding carboxylic acids is 2. The second-order valence-corrected chi connectivity index (χ2v) is 5.51. The Kier molecular flexibility index (Phi) is 4.43. The van der Waals surface area contributed by atoms with Crippen LogP contribution in [-0.2, 0) is 9.53 Å². The number of rotatable bonds is 4. The molecule has 0 bridgehead atoms. The molecule has 1 aromatic carbocycles. The number of hydrogen-bond donors (Lipinski definition) is 0. The van der Waals surface area contributed by atoms with E-state index >= 15 is 0 Å². The summed E-state index contributed by atoms with van der Waals surface area (Å²) in [6.07, 6.45) is 0.414. The number of ether oxygens (including phenoxy) is 1. The van der Waals surface area contributed by atoms with Crippen molar-refractivity contribution in [1.82, 2.24) is 0 Å². The van der Waals surface area contributed by atoms with Gasteiger partial charge in [-0.3, -0.25) is 9.69 Å². The average Bonchev–Trinajstić information content (AvgIpc) is 2.93. The van der Waals surface area contributed by atoms with Gasteiger partial charge >= 0.3 is 6.09 Å². The van der Waals surface area contributed by atoms with Crippen LogP contribution < -0.4 is 9.80 Å². The van der Waals surface area contributed by atoms with E-state index in [-0.39, 0.29) is 31.8 Å². The molecule has 0 radical (unpaired) electrons. The standard InChI is InChI=1S/C15H12F3N3O4/c16-10-5-11(21-7-9(6-19-24)25-15(21)23)12(17)13(18)14(10)20-3-1-8(22)2-4-20/h1,3,5,9H,2,4,6-7H2/t9-/m0/s1.